The van der Waals surface area contributed by atoms with E-state index in [0.717, 1.165) is 0 Å². The first kappa shape index (κ1) is 14.1. The third-order valence-corrected chi connectivity index (χ3v) is 3.29. The number of carbonyl (C=O) groups is 1. The molecule has 3 rings (SSSR count). The summed E-state index contributed by atoms with van der Waals surface area (Å²) in [6.07, 6.45) is 4.99. The monoisotopic (exact) mass is 299 g/mol. The first-order valence-electron chi connectivity index (χ1n) is 6.81. The van der Waals surface area contributed by atoms with Crippen LogP contribution in [0.1, 0.15) is 22.2 Å². The van der Waals surface area contributed by atoms with Crippen LogP contribution in [0.4, 0.5) is 4.39 Å². The predicted molar refractivity (Wildman–Crippen MR) is 77.8 cm³/mol. The highest BCUT2D eigenvalue weighted by molar-refractivity contribution is 5.94. The Morgan fingerprint density at radius 2 is 2.14 bits per heavy atom. The van der Waals surface area contributed by atoms with Gasteiger partial charge >= 0.3 is 0 Å². The largest absolute Gasteiger partial charge is 0.467 e. The second-order valence-corrected chi connectivity index (χ2v) is 4.71. The van der Waals surface area contributed by atoms with Crippen LogP contribution >= 0.6 is 0 Å². The molecular formula is C16H14FN3O2. The van der Waals surface area contributed by atoms with Crippen LogP contribution in [0.25, 0.3) is 0 Å². The molecule has 0 saturated carbocycles. The van der Waals surface area contributed by atoms with Crippen LogP contribution in [-0.2, 0) is 0 Å². The molecule has 6 heteroatoms. The molecule has 3 aromatic rings. The molecule has 0 radical (unpaired) electrons. The molecular weight excluding hydrogens is 285 g/mol. The molecule has 5 nitrogen and oxygen atoms in total. The van der Waals surface area contributed by atoms with Crippen molar-refractivity contribution >= 4 is 5.91 Å². The zero-order chi connectivity index (χ0) is 15.4. The lowest BCUT2D eigenvalue weighted by molar-refractivity contribution is 0.0944. The van der Waals surface area contributed by atoms with E-state index in [0.29, 0.717) is 5.76 Å². The van der Waals surface area contributed by atoms with E-state index in [2.05, 4.69) is 10.4 Å². The number of rotatable bonds is 5. The number of benzene rings is 1. The van der Waals surface area contributed by atoms with Gasteiger partial charge in [0.2, 0.25) is 0 Å². The summed E-state index contributed by atoms with van der Waals surface area (Å²) in [4.78, 5) is 12.1. The Labute approximate surface area is 126 Å². The van der Waals surface area contributed by atoms with Crippen molar-refractivity contribution in [3.05, 3.63) is 78.3 Å². The van der Waals surface area contributed by atoms with E-state index in [1.165, 1.54) is 12.1 Å². The second kappa shape index (κ2) is 6.26. The minimum absolute atomic E-state index is 0.0150. The highest BCUT2D eigenvalue weighted by atomic mass is 19.1. The SMILES string of the molecule is O=C(NC[C@@H](c1ccco1)n1cccn1)c1ccccc1F. The number of amides is 1. The van der Waals surface area contributed by atoms with Gasteiger partial charge in [-0.2, -0.15) is 5.10 Å². The van der Waals surface area contributed by atoms with Gasteiger partial charge in [0.1, 0.15) is 17.6 Å². The molecule has 1 aromatic carbocycles. The van der Waals surface area contributed by atoms with Crippen LogP contribution in [0.2, 0.25) is 0 Å². The van der Waals surface area contributed by atoms with Crippen molar-refractivity contribution in [3.63, 3.8) is 0 Å². The van der Waals surface area contributed by atoms with E-state index in [1.54, 1.807) is 47.6 Å². The van der Waals surface area contributed by atoms with Gasteiger partial charge in [-0.25, -0.2) is 4.39 Å². The van der Waals surface area contributed by atoms with E-state index in [1.807, 2.05) is 6.07 Å². The number of nitrogens with zero attached hydrogens (tertiary/aromatic N) is 2. The van der Waals surface area contributed by atoms with Gasteiger partial charge in [0.15, 0.2) is 0 Å². The molecule has 22 heavy (non-hydrogen) atoms. The number of aromatic nitrogens is 2. The summed E-state index contributed by atoms with van der Waals surface area (Å²) < 4.78 is 20.7. The molecule has 0 spiro atoms. The van der Waals surface area contributed by atoms with Gasteiger partial charge in [-0.1, -0.05) is 12.1 Å². The quantitative estimate of drug-likeness (QED) is 0.788. The number of carbonyl (C=O) groups excluding carboxylic acids is 1. The van der Waals surface area contributed by atoms with Gasteiger partial charge < -0.3 is 9.73 Å². The minimum Gasteiger partial charge on any atom is -0.467 e. The van der Waals surface area contributed by atoms with Crippen LogP contribution < -0.4 is 5.32 Å². The lowest BCUT2D eigenvalue weighted by Gasteiger charge is -2.16. The van der Waals surface area contributed by atoms with Crippen LogP contribution in [0.15, 0.2) is 65.5 Å². The fraction of sp³-hybridized carbons (Fsp3) is 0.125. The fourth-order valence-corrected chi connectivity index (χ4v) is 2.20. The van der Waals surface area contributed by atoms with Crippen molar-refractivity contribution in [2.45, 2.75) is 6.04 Å². The van der Waals surface area contributed by atoms with Gasteiger partial charge in [-0.05, 0) is 30.3 Å². The Morgan fingerprint density at radius 1 is 1.27 bits per heavy atom. The third-order valence-electron chi connectivity index (χ3n) is 3.29. The van der Waals surface area contributed by atoms with E-state index >= 15 is 0 Å². The molecule has 0 aliphatic heterocycles. The number of halogens is 1. The molecule has 0 aliphatic rings. The van der Waals surface area contributed by atoms with Gasteiger partial charge in [0.25, 0.3) is 5.91 Å². The lowest BCUT2D eigenvalue weighted by Crippen LogP contribution is -2.31. The smallest absolute Gasteiger partial charge is 0.254 e. The summed E-state index contributed by atoms with van der Waals surface area (Å²) >= 11 is 0. The molecule has 0 aliphatic carbocycles. The van der Waals surface area contributed by atoms with Gasteiger partial charge in [-0.15, -0.1) is 0 Å². The third kappa shape index (κ3) is 2.90. The first-order chi connectivity index (χ1) is 10.8. The summed E-state index contributed by atoms with van der Waals surface area (Å²) in [5, 5.41) is 6.89. The average Bonchev–Trinajstić information content (AvgIpc) is 3.21. The molecule has 112 valence electrons. The highest BCUT2D eigenvalue weighted by Crippen LogP contribution is 2.17. The summed E-state index contributed by atoms with van der Waals surface area (Å²) in [6, 6.07) is 10.9. The summed E-state index contributed by atoms with van der Waals surface area (Å²) in [6.45, 7) is 0.238. The Balaban J connectivity index is 1.75. The number of nitrogens with one attached hydrogen (secondary N) is 1. The topological polar surface area (TPSA) is 60.1 Å². The second-order valence-electron chi connectivity index (χ2n) is 4.71. The predicted octanol–water partition coefficient (Wildman–Crippen LogP) is 2.63. The zero-order valence-corrected chi connectivity index (χ0v) is 11.6. The molecule has 0 saturated heterocycles. The Kier molecular flexibility index (Phi) is 4.00. The van der Waals surface area contributed by atoms with Crippen molar-refractivity contribution in [3.8, 4) is 0 Å². The van der Waals surface area contributed by atoms with Crippen molar-refractivity contribution in [2.24, 2.45) is 0 Å². The molecule has 2 aromatic heterocycles. The van der Waals surface area contributed by atoms with Crippen LogP contribution in [0, 0.1) is 5.82 Å². The fourth-order valence-electron chi connectivity index (χ4n) is 2.20. The van der Waals surface area contributed by atoms with Crippen LogP contribution in [-0.4, -0.2) is 22.2 Å². The molecule has 1 amide bonds. The summed E-state index contributed by atoms with van der Waals surface area (Å²) in [5.41, 5.74) is 0.0150. The highest BCUT2D eigenvalue weighted by Gasteiger charge is 2.19. The average molecular weight is 299 g/mol. The summed E-state index contributed by atoms with van der Waals surface area (Å²) in [5.74, 6) is -0.354. The van der Waals surface area contributed by atoms with Crippen molar-refractivity contribution in [1.29, 1.82) is 0 Å². The molecule has 1 N–H and O–H groups in total. The van der Waals surface area contributed by atoms with Crippen molar-refractivity contribution < 1.29 is 13.6 Å². The molecule has 0 bridgehead atoms. The standard InChI is InChI=1S/C16H14FN3O2/c17-13-6-2-1-5-12(13)16(21)18-11-14(15-7-3-10-22-15)20-9-4-8-19-20/h1-10,14H,11H2,(H,18,21)/t14-/m0/s1. The molecule has 1 atom stereocenters. The normalized spacial score (nSPS) is 12.0. The van der Waals surface area contributed by atoms with Crippen LogP contribution in [0.5, 0.6) is 0 Å². The number of hydrogen-bond donors (Lipinski definition) is 1. The van der Waals surface area contributed by atoms with E-state index in [9.17, 15) is 9.18 Å². The first-order valence-corrected chi connectivity index (χ1v) is 6.81. The van der Waals surface area contributed by atoms with E-state index in [-0.39, 0.29) is 18.2 Å². The number of hydrogen-bond acceptors (Lipinski definition) is 3. The van der Waals surface area contributed by atoms with Crippen molar-refractivity contribution in [2.75, 3.05) is 6.54 Å². The Morgan fingerprint density at radius 3 is 2.82 bits per heavy atom. The molecule has 2 heterocycles. The van der Waals surface area contributed by atoms with Gasteiger partial charge in [-0.3, -0.25) is 9.48 Å². The number of furan rings is 1. The Hall–Kier alpha value is -2.89. The maximum absolute atomic E-state index is 13.6. The van der Waals surface area contributed by atoms with E-state index in [4.69, 9.17) is 4.42 Å². The maximum atomic E-state index is 13.6. The molecule has 0 unspecified atom stereocenters. The van der Waals surface area contributed by atoms with Crippen LogP contribution in [0.3, 0.4) is 0 Å². The maximum Gasteiger partial charge on any atom is 0.254 e. The van der Waals surface area contributed by atoms with Crippen molar-refractivity contribution in [1.82, 2.24) is 15.1 Å². The van der Waals surface area contributed by atoms with Gasteiger partial charge in [0.05, 0.1) is 11.8 Å². The minimum atomic E-state index is -0.548. The Bertz CT molecular complexity index is 704. The summed E-state index contributed by atoms with van der Waals surface area (Å²) in [7, 11) is 0. The van der Waals surface area contributed by atoms with E-state index < -0.39 is 11.7 Å². The zero-order valence-electron chi connectivity index (χ0n) is 11.6. The lowest BCUT2D eigenvalue weighted by atomic mass is 10.2. The van der Waals surface area contributed by atoms with Gasteiger partial charge in [0, 0.05) is 18.9 Å². The molecule has 0 fully saturated rings.